The van der Waals surface area contributed by atoms with Crippen LogP contribution in [0.1, 0.15) is 20.3 Å². The molecule has 0 aliphatic heterocycles. The number of rotatable bonds is 6. The Kier molecular flexibility index (Phi) is 5.28. The van der Waals surface area contributed by atoms with Crippen LogP contribution >= 0.6 is 11.3 Å². The van der Waals surface area contributed by atoms with E-state index in [1.54, 1.807) is 17.7 Å². The molecule has 0 radical (unpaired) electrons. The molecule has 130 valence electrons. The molecule has 2 aromatic heterocycles. The predicted octanol–water partition coefficient (Wildman–Crippen LogP) is 3.71. The summed E-state index contributed by atoms with van der Waals surface area (Å²) >= 11 is 1.66. The lowest BCUT2D eigenvalue weighted by atomic mass is 10.2. The normalized spacial score (nSPS) is 11.0. The molecule has 0 saturated carbocycles. The molecule has 0 atom stereocenters. The number of carbonyl (C=O) groups excluding carboxylic acids is 1. The van der Waals surface area contributed by atoms with Gasteiger partial charge >= 0.3 is 0 Å². The van der Waals surface area contributed by atoms with Gasteiger partial charge in [-0.2, -0.15) is 0 Å². The molecule has 0 bridgehead atoms. The zero-order chi connectivity index (χ0) is 17.8. The van der Waals surface area contributed by atoms with E-state index in [0.29, 0.717) is 13.0 Å². The maximum absolute atomic E-state index is 11.9. The fourth-order valence-corrected chi connectivity index (χ4v) is 3.66. The van der Waals surface area contributed by atoms with Crippen LogP contribution in [-0.2, 0) is 4.79 Å². The topological polar surface area (TPSA) is 58.1 Å². The van der Waals surface area contributed by atoms with E-state index in [2.05, 4.69) is 33.5 Å². The molecule has 0 spiro atoms. The Bertz CT molecular complexity index is 860. The number of hydrogen-bond donors (Lipinski definition) is 1. The Hall–Kier alpha value is -2.47. The summed E-state index contributed by atoms with van der Waals surface area (Å²) in [6.07, 6.45) is 2.03. The van der Waals surface area contributed by atoms with Crippen molar-refractivity contribution in [2.75, 3.05) is 18.5 Å². The van der Waals surface area contributed by atoms with E-state index in [-0.39, 0.29) is 11.9 Å². The lowest BCUT2D eigenvalue weighted by Crippen LogP contribution is -2.33. The van der Waals surface area contributed by atoms with Crippen molar-refractivity contribution < 1.29 is 4.79 Å². The molecule has 0 aliphatic rings. The van der Waals surface area contributed by atoms with E-state index in [4.69, 9.17) is 0 Å². The van der Waals surface area contributed by atoms with Crippen LogP contribution in [0.4, 0.5) is 5.82 Å². The Morgan fingerprint density at radius 2 is 2.00 bits per heavy atom. The van der Waals surface area contributed by atoms with Gasteiger partial charge in [-0.25, -0.2) is 9.97 Å². The summed E-state index contributed by atoms with van der Waals surface area (Å²) in [6.45, 7) is 4.54. The van der Waals surface area contributed by atoms with Crippen molar-refractivity contribution in [3.8, 4) is 10.4 Å². The van der Waals surface area contributed by atoms with E-state index in [9.17, 15) is 4.79 Å². The maximum Gasteiger partial charge on any atom is 0.221 e. The first-order chi connectivity index (χ1) is 12.0. The highest BCUT2D eigenvalue weighted by molar-refractivity contribution is 7.21. The van der Waals surface area contributed by atoms with E-state index >= 15 is 0 Å². The van der Waals surface area contributed by atoms with Crippen LogP contribution in [-0.4, -0.2) is 35.5 Å². The lowest BCUT2D eigenvalue weighted by Gasteiger charge is -2.18. The van der Waals surface area contributed by atoms with Crippen molar-refractivity contribution in [3.63, 3.8) is 0 Å². The lowest BCUT2D eigenvalue weighted by molar-refractivity contribution is -0.121. The van der Waals surface area contributed by atoms with E-state index < -0.39 is 0 Å². The number of nitrogens with zero attached hydrogens (tertiary/aromatic N) is 3. The minimum Gasteiger partial charge on any atom is -0.359 e. The van der Waals surface area contributed by atoms with Crippen LogP contribution < -0.4 is 10.2 Å². The van der Waals surface area contributed by atoms with Crippen molar-refractivity contribution in [1.82, 2.24) is 15.3 Å². The molecule has 1 aromatic carbocycles. The smallest absolute Gasteiger partial charge is 0.221 e. The zero-order valence-corrected chi connectivity index (χ0v) is 15.5. The van der Waals surface area contributed by atoms with Gasteiger partial charge in [-0.15, -0.1) is 11.3 Å². The van der Waals surface area contributed by atoms with Crippen LogP contribution in [0.3, 0.4) is 0 Å². The number of aromatic nitrogens is 2. The third-order valence-electron chi connectivity index (χ3n) is 3.85. The Labute approximate surface area is 151 Å². The molecule has 25 heavy (non-hydrogen) atoms. The van der Waals surface area contributed by atoms with Crippen LogP contribution in [0.2, 0.25) is 0 Å². The number of benzene rings is 1. The third-order valence-corrected chi connectivity index (χ3v) is 4.94. The molecule has 0 saturated heterocycles. The number of anilines is 1. The van der Waals surface area contributed by atoms with E-state index in [1.807, 2.05) is 44.0 Å². The standard InChI is InChI=1S/C19H22N4OS/c1-13(2)22-17(24)9-10-23(3)18-15-11-16(14-7-5-4-6-8-14)25-19(15)21-12-20-18/h4-8,11-13H,9-10H2,1-3H3,(H,22,24). The molecule has 0 aliphatic carbocycles. The van der Waals surface area contributed by atoms with Gasteiger partial charge in [0, 0.05) is 30.9 Å². The number of nitrogens with one attached hydrogen (secondary N) is 1. The monoisotopic (exact) mass is 354 g/mol. The predicted molar refractivity (Wildman–Crippen MR) is 104 cm³/mol. The van der Waals surface area contributed by atoms with Crippen molar-refractivity contribution in [3.05, 3.63) is 42.7 Å². The van der Waals surface area contributed by atoms with E-state index in [0.717, 1.165) is 16.0 Å². The van der Waals surface area contributed by atoms with Crippen LogP contribution in [0, 0.1) is 0 Å². The number of hydrogen-bond acceptors (Lipinski definition) is 5. The average Bonchev–Trinajstić information content (AvgIpc) is 3.04. The van der Waals surface area contributed by atoms with Gasteiger partial charge in [-0.3, -0.25) is 4.79 Å². The highest BCUT2D eigenvalue weighted by atomic mass is 32.1. The molecular formula is C19H22N4OS. The van der Waals surface area contributed by atoms with Gasteiger partial charge in [0.05, 0.1) is 5.39 Å². The van der Waals surface area contributed by atoms with Gasteiger partial charge in [-0.1, -0.05) is 30.3 Å². The number of carbonyl (C=O) groups is 1. The molecule has 2 heterocycles. The van der Waals surface area contributed by atoms with Crippen LogP contribution in [0.15, 0.2) is 42.7 Å². The summed E-state index contributed by atoms with van der Waals surface area (Å²) in [5.41, 5.74) is 1.18. The van der Waals surface area contributed by atoms with Crippen molar-refractivity contribution in [1.29, 1.82) is 0 Å². The Morgan fingerprint density at radius 3 is 2.72 bits per heavy atom. The minimum atomic E-state index is 0.0578. The second kappa shape index (κ2) is 7.61. The summed E-state index contributed by atoms with van der Waals surface area (Å²) in [5, 5.41) is 3.94. The van der Waals surface area contributed by atoms with Gasteiger partial charge in [0.1, 0.15) is 17.0 Å². The Morgan fingerprint density at radius 1 is 1.24 bits per heavy atom. The van der Waals surface area contributed by atoms with Crippen LogP contribution in [0.25, 0.3) is 20.7 Å². The molecular weight excluding hydrogens is 332 g/mol. The van der Waals surface area contributed by atoms with Gasteiger partial charge in [-0.05, 0) is 25.5 Å². The molecule has 0 fully saturated rings. The minimum absolute atomic E-state index is 0.0578. The summed E-state index contributed by atoms with van der Waals surface area (Å²) in [7, 11) is 1.96. The van der Waals surface area contributed by atoms with Crippen molar-refractivity contribution in [2.24, 2.45) is 0 Å². The average molecular weight is 354 g/mol. The first-order valence-electron chi connectivity index (χ1n) is 8.35. The van der Waals surface area contributed by atoms with Crippen LogP contribution in [0.5, 0.6) is 0 Å². The number of fused-ring (bicyclic) bond motifs is 1. The summed E-state index contributed by atoms with van der Waals surface area (Å²) in [6, 6.07) is 12.6. The van der Waals surface area contributed by atoms with Gasteiger partial charge in [0.15, 0.2) is 0 Å². The third kappa shape index (κ3) is 4.14. The fourth-order valence-electron chi connectivity index (χ4n) is 2.66. The second-order valence-corrected chi connectivity index (χ2v) is 7.32. The number of amides is 1. The van der Waals surface area contributed by atoms with E-state index in [1.165, 1.54) is 10.4 Å². The van der Waals surface area contributed by atoms with Crippen molar-refractivity contribution >= 4 is 33.3 Å². The van der Waals surface area contributed by atoms with Gasteiger partial charge in [0.2, 0.25) is 5.91 Å². The highest BCUT2D eigenvalue weighted by Gasteiger charge is 2.14. The van der Waals surface area contributed by atoms with Gasteiger partial charge in [0.25, 0.3) is 0 Å². The SMILES string of the molecule is CC(C)NC(=O)CCN(C)c1ncnc2sc(-c3ccccc3)cc12. The molecule has 6 heteroatoms. The molecule has 1 amide bonds. The first kappa shape index (κ1) is 17.4. The zero-order valence-electron chi connectivity index (χ0n) is 14.7. The Balaban J connectivity index is 1.82. The second-order valence-electron chi connectivity index (χ2n) is 6.29. The summed E-state index contributed by atoms with van der Waals surface area (Å²) in [4.78, 5) is 24.9. The number of thiophene rings is 1. The quantitative estimate of drug-likeness (QED) is 0.733. The molecule has 1 N–H and O–H groups in total. The molecule has 5 nitrogen and oxygen atoms in total. The molecule has 3 aromatic rings. The maximum atomic E-state index is 11.9. The summed E-state index contributed by atoms with van der Waals surface area (Å²) in [5.74, 6) is 0.920. The largest absolute Gasteiger partial charge is 0.359 e. The highest BCUT2D eigenvalue weighted by Crippen LogP contribution is 2.35. The molecule has 0 unspecified atom stereocenters. The first-order valence-corrected chi connectivity index (χ1v) is 9.16. The van der Waals surface area contributed by atoms with Crippen molar-refractivity contribution in [2.45, 2.75) is 26.3 Å². The fraction of sp³-hybridized carbons (Fsp3) is 0.316. The summed E-state index contributed by atoms with van der Waals surface area (Å²) < 4.78 is 0. The molecule has 3 rings (SSSR count). The van der Waals surface area contributed by atoms with Gasteiger partial charge < -0.3 is 10.2 Å².